The minimum absolute atomic E-state index is 0.730. The summed E-state index contributed by atoms with van der Waals surface area (Å²) in [6, 6.07) is 71.1. The Hall–Kier alpha value is -7.49. The molecule has 0 amide bonds. The van der Waals surface area contributed by atoms with Gasteiger partial charge in [0.05, 0.1) is 22.4 Å². The van der Waals surface area contributed by atoms with E-state index in [4.69, 9.17) is 15.0 Å². The molecule has 0 unspecified atom stereocenters. The monoisotopic (exact) mass is 711 g/mol. The predicted octanol–water partition coefficient (Wildman–Crippen LogP) is 14.0. The van der Waals surface area contributed by atoms with Crippen molar-refractivity contribution in [2.45, 2.75) is 0 Å². The van der Waals surface area contributed by atoms with Gasteiger partial charge in [-0.2, -0.15) is 0 Å². The first-order chi connectivity index (χ1) is 27.7. The van der Waals surface area contributed by atoms with Gasteiger partial charge in [0, 0.05) is 38.2 Å². The van der Waals surface area contributed by atoms with E-state index in [9.17, 15) is 0 Å². The van der Waals surface area contributed by atoms with Crippen LogP contribution in [0.25, 0.3) is 110 Å². The van der Waals surface area contributed by atoms with Gasteiger partial charge in [-0.25, -0.2) is 15.0 Å². The van der Waals surface area contributed by atoms with E-state index in [1.807, 2.05) is 24.3 Å². The van der Waals surface area contributed by atoms with Crippen molar-refractivity contribution in [3.63, 3.8) is 0 Å². The zero-order chi connectivity index (χ0) is 37.0. The highest BCUT2D eigenvalue weighted by Crippen LogP contribution is 2.42. The lowest BCUT2D eigenvalue weighted by atomic mass is 9.89. The summed E-state index contributed by atoms with van der Waals surface area (Å²) in [4.78, 5) is 15.3. The molecule has 0 fully saturated rings. The maximum Gasteiger partial charge on any atom is 0.160 e. The molecule has 260 valence electrons. The van der Waals surface area contributed by atoms with Crippen LogP contribution in [-0.4, -0.2) is 15.0 Å². The molecule has 3 heteroatoms. The number of nitrogens with zero attached hydrogens (tertiary/aromatic N) is 3. The Morgan fingerprint density at radius 2 is 0.804 bits per heavy atom. The van der Waals surface area contributed by atoms with Crippen LogP contribution in [0.2, 0.25) is 0 Å². The lowest BCUT2D eigenvalue weighted by molar-refractivity contribution is 1.23. The number of benzene rings is 9. The van der Waals surface area contributed by atoms with E-state index < -0.39 is 0 Å². The number of hydrogen-bond acceptors (Lipinski definition) is 3. The first-order valence-corrected chi connectivity index (χ1v) is 19.0. The number of pyridine rings is 1. The molecule has 3 nitrogen and oxygen atoms in total. The summed E-state index contributed by atoms with van der Waals surface area (Å²) >= 11 is 0. The zero-order valence-electron chi connectivity index (χ0n) is 30.4. The van der Waals surface area contributed by atoms with Crippen LogP contribution in [0, 0.1) is 0 Å². The number of aromatic nitrogens is 3. The molecule has 56 heavy (non-hydrogen) atoms. The van der Waals surface area contributed by atoms with Crippen molar-refractivity contribution in [3.8, 4) is 56.2 Å². The summed E-state index contributed by atoms with van der Waals surface area (Å²) in [5, 5.41) is 9.49. The first kappa shape index (κ1) is 32.0. The fraction of sp³-hybridized carbons (Fsp3) is 0. The van der Waals surface area contributed by atoms with Crippen LogP contribution in [0.4, 0.5) is 0 Å². The van der Waals surface area contributed by atoms with Crippen LogP contribution in [0.15, 0.2) is 200 Å². The standard InChI is InChI=1S/C53H33N3/c1-2-13-39(14-3-1)53-55-49-21-11-9-19-45(49)51(56-53)38-29-24-36(25-30-38)35-22-27-37(28-23-35)46-33-47-50(43-17-7-6-16-42(43)46)44-18-8-10-20-48(44)54-52(47)41-31-26-34-12-4-5-15-40(34)32-41/h1-33H. The largest absolute Gasteiger partial charge is 0.247 e. The van der Waals surface area contributed by atoms with Crippen molar-refractivity contribution in [1.82, 2.24) is 15.0 Å². The zero-order valence-corrected chi connectivity index (χ0v) is 30.4. The van der Waals surface area contributed by atoms with E-state index in [-0.39, 0.29) is 0 Å². The van der Waals surface area contributed by atoms with Gasteiger partial charge in [-0.15, -0.1) is 0 Å². The lowest BCUT2D eigenvalue weighted by Crippen LogP contribution is -1.95. The Morgan fingerprint density at radius 3 is 1.55 bits per heavy atom. The Balaban J connectivity index is 1.01. The molecule has 0 atom stereocenters. The Labute approximate surface area is 324 Å². The van der Waals surface area contributed by atoms with Crippen molar-refractivity contribution in [2.75, 3.05) is 0 Å². The number of fused-ring (bicyclic) bond motifs is 7. The van der Waals surface area contributed by atoms with E-state index in [1.165, 1.54) is 43.4 Å². The summed E-state index contributed by atoms with van der Waals surface area (Å²) in [6.45, 7) is 0. The molecule has 9 aromatic carbocycles. The van der Waals surface area contributed by atoms with E-state index >= 15 is 0 Å². The molecule has 0 aliphatic carbocycles. The minimum Gasteiger partial charge on any atom is -0.247 e. The topological polar surface area (TPSA) is 38.7 Å². The normalized spacial score (nSPS) is 11.6. The van der Waals surface area contributed by atoms with Crippen molar-refractivity contribution in [3.05, 3.63) is 200 Å². The molecule has 0 radical (unpaired) electrons. The van der Waals surface area contributed by atoms with Crippen LogP contribution in [-0.2, 0) is 0 Å². The highest BCUT2D eigenvalue weighted by molar-refractivity contribution is 6.25. The van der Waals surface area contributed by atoms with Gasteiger partial charge in [0.2, 0.25) is 0 Å². The minimum atomic E-state index is 0.730. The SMILES string of the molecule is c1ccc(-c2nc(-c3ccc(-c4ccc(-c5cc6c(-c7ccc8ccccc8c7)nc7ccccc7c6c6ccccc56)cc4)cc3)c3ccccc3n2)cc1. The fourth-order valence-corrected chi connectivity index (χ4v) is 8.29. The third-order valence-corrected chi connectivity index (χ3v) is 11.1. The van der Waals surface area contributed by atoms with Crippen LogP contribution in [0.1, 0.15) is 0 Å². The molecule has 2 heterocycles. The summed E-state index contributed by atoms with van der Waals surface area (Å²) < 4.78 is 0. The Bertz CT molecular complexity index is 3280. The van der Waals surface area contributed by atoms with Gasteiger partial charge in [0.1, 0.15) is 0 Å². The van der Waals surface area contributed by atoms with Gasteiger partial charge < -0.3 is 0 Å². The number of hydrogen-bond donors (Lipinski definition) is 0. The van der Waals surface area contributed by atoms with E-state index in [2.05, 4.69) is 176 Å². The lowest BCUT2D eigenvalue weighted by Gasteiger charge is -2.16. The average Bonchev–Trinajstić information content (AvgIpc) is 3.28. The summed E-state index contributed by atoms with van der Waals surface area (Å²) in [5.41, 5.74) is 11.7. The van der Waals surface area contributed by atoms with E-state index in [0.717, 1.165) is 66.8 Å². The number of para-hydroxylation sites is 2. The highest BCUT2D eigenvalue weighted by atomic mass is 14.9. The van der Waals surface area contributed by atoms with Crippen LogP contribution in [0.5, 0.6) is 0 Å². The van der Waals surface area contributed by atoms with Gasteiger partial charge in [0.15, 0.2) is 5.82 Å². The Kier molecular flexibility index (Phi) is 7.49. The third kappa shape index (κ3) is 5.40. The van der Waals surface area contributed by atoms with Gasteiger partial charge in [-0.1, -0.05) is 176 Å². The molecule has 0 bridgehead atoms. The maximum atomic E-state index is 5.33. The second-order valence-electron chi connectivity index (χ2n) is 14.4. The van der Waals surface area contributed by atoms with Gasteiger partial charge in [-0.3, -0.25) is 0 Å². The van der Waals surface area contributed by atoms with Crippen LogP contribution >= 0.6 is 0 Å². The van der Waals surface area contributed by atoms with Crippen LogP contribution in [0.3, 0.4) is 0 Å². The molecule has 0 N–H and O–H groups in total. The molecule has 11 rings (SSSR count). The van der Waals surface area contributed by atoms with Crippen molar-refractivity contribution >= 4 is 54.1 Å². The molecule has 11 aromatic rings. The summed E-state index contributed by atoms with van der Waals surface area (Å²) in [6.07, 6.45) is 0. The van der Waals surface area contributed by atoms with Crippen molar-refractivity contribution < 1.29 is 0 Å². The van der Waals surface area contributed by atoms with Crippen molar-refractivity contribution in [2.24, 2.45) is 0 Å². The second kappa shape index (κ2) is 13.1. The quantitative estimate of drug-likeness (QED) is 0.167. The van der Waals surface area contributed by atoms with Gasteiger partial charge in [0.25, 0.3) is 0 Å². The van der Waals surface area contributed by atoms with Gasteiger partial charge >= 0.3 is 0 Å². The highest BCUT2D eigenvalue weighted by Gasteiger charge is 2.17. The molecule has 0 spiro atoms. The molecular weight excluding hydrogens is 679 g/mol. The number of rotatable bonds is 5. The third-order valence-electron chi connectivity index (χ3n) is 11.1. The average molecular weight is 712 g/mol. The van der Waals surface area contributed by atoms with E-state index in [1.54, 1.807) is 0 Å². The molecule has 0 saturated carbocycles. The summed E-state index contributed by atoms with van der Waals surface area (Å²) in [7, 11) is 0. The molecule has 0 aliphatic heterocycles. The Morgan fingerprint density at radius 1 is 0.268 bits per heavy atom. The first-order valence-electron chi connectivity index (χ1n) is 19.0. The van der Waals surface area contributed by atoms with Crippen LogP contribution < -0.4 is 0 Å². The molecule has 0 saturated heterocycles. The van der Waals surface area contributed by atoms with E-state index in [0.29, 0.717) is 0 Å². The fourth-order valence-electron chi connectivity index (χ4n) is 8.29. The smallest absolute Gasteiger partial charge is 0.160 e. The molecule has 0 aliphatic rings. The second-order valence-corrected chi connectivity index (χ2v) is 14.4. The molecular formula is C53H33N3. The van der Waals surface area contributed by atoms with Crippen molar-refractivity contribution in [1.29, 1.82) is 0 Å². The maximum absolute atomic E-state index is 5.33. The molecule has 2 aromatic heterocycles. The van der Waals surface area contributed by atoms with Gasteiger partial charge in [-0.05, 0) is 68.1 Å². The predicted molar refractivity (Wildman–Crippen MR) is 235 cm³/mol. The summed E-state index contributed by atoms with van der Waals surface area (Å²) in [5.74, 6) is 0.730.